The molecule has 2 aromatic rings. The van der Waals surface area contributed by atoms with Crippen molar-refractivity contribution in [1.29, 1.82) is 0 Å². The van der Waals surface area contributed by atoms with Gasteiger partial charge in [-0.25, -0.2) is 4.68 Å². The Labute approximate surface area is 111 Å². The Balaban J connectivity index is 1.65. The molecule has 5 heteroatoms. The van der Waals surface area contributed by atoms with Crippen molar-refractivity contribution in [2.75, 3.05) is 5.32 Å². The van der Waals surface area contributed by atoms with Crippen LogP contribution < -0.4 is 10.9 Å². The quantitative estimate of drug-likeness (QED) is 0.879. The summed E-state index contributed by atoms with van der Waals surface area (Å²) >= 11 is 0. The summed E-state index contributed by atoms with van der Waals surface area (Å²) in [6.07, 6.45) is 8.41. The number of anilines is 1. The smallest absolute Gasteiger partial charge is 0.268 e. The van der Waals surface area contributed by atoms with E-state index in [-0.39, 0.29) is 5.56 Å². The van der Waals surface area contributed by atoms with Crippen LogP contribution in [-0.2, 0) is 13.0 Å². The molecular formula is C14H16N4O. The lowest BCUT2D eigenvalue weighted by atomic mass is 10.2. The van der Waals surface area contributed by atoms with E-state index in [9.17, 15) is 4.79 Å². The lowest BCUT2D eigenvalue weighted by molar-refractivity contribution is 0.578. The molecule has 0 bridgehead atoms. The highest BCUT2D eigenvalue weighted by atomic mass is 16.1. The molecule has 0 aliphatic heterocycles. The second kappa shape index (κ2) is 5.22. The molecule has 1 aliphatic carbocycles. The second-order valence-electron chi connectivity index (χ2n) is 4.84. The van der Waals surface area contributed by atoms with Gasteiger partial charge in [-0.3, -0.25) is 9.78 Å². The third-order valence-corrected chi connectivity index (χ3v) is 3.15. The van der Waals surface area contributed by atoms with Crippen LogP contribution in [0, 0.1) is 0 Å². The van der Waals surface area contributed by atoms with Gasteiger partial charge in [-0.15, -0.1) is 0 Å². The van der Waals surface area contributed by atoms with Gasteiger partial charge in [-0.1, -0.05) is 6.07 Å². The SMILES string of the molecule is O=c1cc(NC2CC2)cnn1CCc1cccnc1. The summed E-state index contributed by atoms with van der Waals surface area (Å²) in [7, 11) is 0. The number of hydrogen-bond acceptors (Lipinski definition) is 4. The highest BCUT2D eigenvalue weighted by molar-refractivity contribution is 5.41. The van der Waals surface area contributed by atoms with E-state index in [1.54, 1.807) is 18.5 Å². The summed E-state index contributed by atoms with van der Waals surface area (Å²) in [5.74, 6) is 0. The molecule has 1 N–H and O–H groups in total. The first-order valence-corrected chi connectivity index (χ1v) is 6.54. The van der Waals surface area contributed by atoms with Crippen LogP contribution in [-0.4, -0.2) is 20.8 Å². The number of aryl methyl sites for hydroxylation is 2. The van der Waals surface area contributed by atoms with Crippen molar-refractivity contribution in [1.82, 2.24) is 14.8 Å². The van der Waals surface area contributed by atoms with Crippen molar-refractivity contribution in [3.8, 4) is 0 Å². The fourth-order valence-electron chi connectivity index (χ4n) is 1.92. The summed E-state index contributed by atoms with van der Waals surface area (Å²) in [5.41, 5.74) is 1.87. The highest BCUT2D eigenvalue weighted by Gasteiger charge is 2.20. The molecule has 0 atom stereocenters. The van der Waals surface area contributed by atoms with Gasteiger partial charge in [0.15, 0.2) is 0 Å². The largest absolute Gasteiger partial charge is 0.381 e. The Morgan fingerprint density at radius 1 is 1.37 bits per heavy atom. The first kappa shape index (κ1) is 11.9. The molecule has 3 rings (SSSR count). The van der Waals surface area contributed by atoms with Gasteiger partial charge in [-0.2, -0.15) is 5.10 Å². The first-order valence-electron chi connectivity index (χ1n) is 6.54. The number of hydrogen-bond donors (Lipinski definition) is 1. The van der Waals surface area contributed by atoms with Gasteiger partial charge < -0.3 is 5.32 Å². The van der Waals surface area contributed by atoms with Crippen molar-refractivity contribution in [2.24, 2.45) is 0 Å². The van der Waals surface area contributed by atoms with E-state index in [1.165, 1.54) is 17.5 Å². The fraction of sp³-hybridized carbons (Fsp3) is 0.357. The summed E-state index contributed by atoms with van der Waals surface area (Å²) in [4.78, 5) is 16.0. The summed E-state index contributed by atoms with van der Waals surface area (Å²) < 4.78 is 1.49. The Morgan fingerprint density at radius 3 is 2.95 bits per heavy atom. The second-order valence-corrected chi connectivity index (χ2v) is 4.84. The van der Waals surface area contributed by atoms with Crippen LogP contribution in [0.4, 0.5) is 5.69 Å². The minimum absolute atomic E-state index is 0.0606. The molecule has 0 amide bonds. The molecular weight excluding hydrogens is 240 g/mol. The third kappa shape index (κ3) is 3.19. The monoisotopic (exact) mass is 256 g/mol. The van der Waals surface area contributed by atoms with Crippen molar-refractivity contribution in [3.05, 3.63) is 52.7 Å². The number of aromatic nitrogens is 3. The standard InChI is InChI=1S/C14H16N4O/c19-14-8-13(17-12-3-4-12)10-16-18(14)7-5-11-2-1-6-15-9-11/h1-2,6,8-10,12,17H,3-5,7H2. The van der Waals surface area contributed by atoms with Crippen LogP contribution in [0.1, 0.15) is 18.4 Å². The molecule has 0 radical (unpaired) electrons. The average molecular weight is 256 g/mol. The molecule has 1 saturated carbocycles. The Hall–Kier alpha value is -2.17. The average Bonchev–Trinajstić information content (AvgIpc) is 3.23. The predicted octanol–water partition coefficient (Wildman–Crippen LogP) is 1.46. The zero-order chi connectivity index (χ0) is 13.1. The molecule has 1 fully saturated rings. The molecule has 2 heterocycles. The van der Waals surface area contributed by atoms with Crippen LogP contribution in [0.25, 0.3) is 0 Å². The van der Waals surface area contributed by atoms with E-state index in [4.69, 9.17) is 0 Å². The Morgan fingerprint density at radius 2 is 2.26 bits per heavy atom. The molecule has 5 nitrogen and oxygen atoms in total. The summed E-state index contributed by atoms with van der Waals surface area (Å²) in [6.45, 7) is 0.578. The zero-order valence-corrected chi connectivity index (χ0v) is 10.6. The fourth-order valence-corrected chi connectivity index (χ4v) is 1.92. The molecule has 0 saturated heterocycles. The Kier molecular flexibility index (Phi) is 3.27. The van der Waals surface area contributed by atoms with Gasteiger partial charge in [0.05, 0.1) is 11.9 Å². The van der Waals surface area contributed by atoms with Gasteiger partial charge in [-0.05, 0) is 30.9 Å². The van der Waals surface area contributed by atoms with Crippen molar-refractivity contribution in [3.63, 3.8) is 0 Å². The van der Waals surface area contributed by atoms with Gasteiger partial charge in [0.2, 0.25) is 0 Å². The topological polar surface area (TPSA) is 59.8 Å². The normalized spacial score (nSPS) is 14.3. The van der Waals surface area contributed by atoms with E-state index < -0.39 is 0 Å². The van der Waals surface area contributed by atoms with E-state index in [2.05, 4.69) is 15.4 Å². The first-order chi connectivity index (χ1) is 9.31. The molecule has 2 aromatic heterocycles. The van der Waals surface area contributed by atoms with Gasteiger partial charge >= 0.3 is 0 Å². The molecule has 0 spiro atoms. The minimum atomic E-state index is -0.0606. The Bertz CT molecular complexity index is 604. The van der Waals surface area contributed by atoms with E-state index in [0.717, 1.165) is 17.7 Å². The van der Waals surface area contributed by atoms with Crippen molar-refractivity contribution < 1.29 is 0 Å². The van der Waals surface area contributed by atoms with Crippen LogP contribution in [0.3, 0.4) is 0 Å². The summed E-state index contributed by atoms with van der Waals surface area (Å²) in [6, 6.07) is 6.05. The molecule has 1 aliphatic rings. The zero-order valence-electron chi connectivity index (χ0n) is 10.6. The third-order valence-electron chi connectivity index (χ3n) is 3.15. The predicted molar refractivity (Wildman–Crippen MR) is 73.1 cm³/mol. The van der Waals surface area contributed by atoms with Gasteiger partial charge in [0.25, 0.3) is 5.56 Å². The van der Waals surface area contributed by atoms with E-state index in [0.29, 0.717) is 12.6 Å². The molecule has 0 aromatic carbocycles. The lowest BCUT2D eigenvalue weighted by Crippen LogP contribution is -2.23. The van der Waals surface area contributed by atoms with E-state index in [1.807, 2.05) is 18.3 Å². The van der Waals surface area contributed by atoms with Crippen LogP contribution >= 0.6 is 0 Å². The van der Waals surface area contributed by atoms with Crippen LogP contribution in [0.5, 0.6) is 0 Å². The van der Waals surface area contributed by atoms with Crippen molar-refractivity contribution >= 4 is 5.69 Å². The maximum absolute atomic E-state index is 11.9. The molecule has 98 valence electrons. The maximum atomic E-state index is 11.9. The van der Waals surface area contributed by atoms with E-state index >= 15 is 0 Å². The van der Waals surface area contributed by atoms with Crippen LogP contribution in [0.15, 0.2) is 41.6 Å². The number of pyridine rings is 1. The van der Waals surface area contributed by atoms with Gasteiger partial charge in [0.1, 0.15) is 0 Å². The summed E-state index contributed by atoms with van der Waals surface area (Å²) in [5, 5.41) is 7.47. The number of rotatable bonds is 5. The van der Waals surface area contributed by atoms with Crippen LogP contribution in [0.2, 0.25) is 0 Å². The molecule has 0 unspecified atom stereocenters. The number of nitrogens with one attached hydrogen (secondary N) is 1. The minimum Gasteiger partial charge on any atom is -0.381 e. The highest BCUT2D eigenvalue weighted by Crippen LogP contribution is 2.23. The van der Waals surface area contributed by atoms with Crippen molar-refractivity contribution in [2.45, 2.75) is 31.8 Å². The lowest BCUT2D eigenvalue weighted by Gasteiger charge is -2.07. The number of nitrogens with zero attached hydrogens (tertiary/aromatic N) is 3. The van der Waals surface area contributed by atoms with Gasteiger partial charge in [0, 0.05) is 31.0 Å². The molecule has 19 heavy (non-hydrogen) atoms. The maximum Gasteiger partial charge on any atom is 0.268 e.